The first kappa shape index (κ1) is 31.4. The molecule has 2 heteroatoms. The zero-order chi connectivity index (χ0) is 36.3. The Labute approximate surface area is 321 Å². The molecule has 2 nitrogen and oxygen atoms in total. The van der Waals surface area contributed by atoms with Gasteiger partial charge in [0.05, 0.1) is 11.1 Å². The summed E-state index contributed by atoms with van der Waals surface area (Å²) in [5, 5.41) is 2.29. The third-order valence-electron chi connectivity index (χ3n) is 11.5. The van der Waals surface area contributed by atoms with Crippen molar-refractivity contribution < 1.29 is 4.74 Å². The summed E-state index contributed by atoms with van der Waals surface area (Å²) in [5.74, 6) is 1.82. The van der Waals surface area contributed by atoms with Crippen molar-refractivity contribution in [3.63, 3.8) is 0 Å². The van der Waals surface area contributed by atoms with Crippen molar-refractivity contribution in [3.05, 3.63) is 235 Å². The number of rotatable bonds is 5. The van der Waals surface area contributed by atoms with E-state index in [0.29, 0.717) is 0 Å². The second-order valence-electron chi connectivity index (χ2n) is 14.4. The van der Waals surface area contributed by atoms with Crippen molar-refractivity contribution in [2.75, 3.05) is 4.90 Å². The fraction of sp³-hybridized carbons (Fsp3) is 0.0189. The smallest absolute Gasteiger partial charge is 0.140 e. The predicted molar refractivity (Wildman–Crippen MR) is 227 cm³/mol. The SMILES string of the molecule is c1ccc(-c2ccc(N(c3ccc(-c4ccccc4)cc3)c3cccc4c3-c3ccccc3C43c4ccccc4Oc4c3ccc3ccccc43)cc2)cc1. The first-order valence-electron chi connectivity index (χ1n) is 18.9. The van der Waals surface area contributed by atoms with Crippen molar-refractivity contribution in [2.24, 2.45) is 0 Å². The first-order chi connectivity index (χ1) is 27.3. The molecule has 11 rings (SSSR count). The highest BCUT2D eigenvalue weighted by Gasteiger charge is 2.52. The van der Waals surface area contributed by atoms with Crippen LogP contribution >= 0.6 is 0 Å². The summed E-state index contributed by atoms with van der Waals surface area (Å²) in [6, 6.07) is 76.8. The van der Waals surface area contributed by atoms with Crippen LogP contribution in [0, 0.1) is 0 Å². The molecule has 9 aromatic rings. The summed E-state index contributed by atoms with van der Waals surface area (Å²) < 4.78 is 6.91. The number of nitrogens with zero attached hydrogens (tertiary/aromatic N) is 1. The van der Waals surface area contributed by atoms with Crippen LogP contribution in [0.5, 0.6) is 11.5 Å². The first-order valence-corrected chi connectivity index (χ1v) is 18.9. The topological polar surface area (TPSA) is 12.5 Å². The van der Waals surface area contributed by atoms with Crippen LogP contribution in [-0.4, -0.2) is 0 Å². The summed E-state index contributed by atoms with van der Waals surface area (Å²) in [6.07, 6.45) is 0. The number of fused-ring (bicyclic) bond motifs is 11. The molecule has 0 fully saturated rings. The maximum Gasteiger partial charge on any atom is 0.140 e. The van der Waals surface area contributed by atoms with Gasteiger partial charge in [-0.2, -0.15) is 0 Å². The van der Waals surface area contributed by atoms with E-state index in [4.69, 9.17) is 4.74 Å². The highest BCUT2D eigenvalue weighted by Crippen LogP contribution is 2.64. The molecule has 0 aromatic heterocycles. The van der Waals surface area contributed by atoms with Gasteiger partial charge in [0.2, 0.25) is 0 Å². The Morgan fingerprint density at radius 3 is 1.60 bits per heavy atom. The van der Waals surface area contributed by atoms with Crippen molar-refractivity contribution in [3.8, 4) is 44.9 Å². The average Bonchev–Trinajstić information content (AvgIpc) is 3.56. The summed E-state index contributed by atoms with van der Waals surface area (Å²) >= 11 is 0. The Balaban J connectivity index is 1.18. The molecule has 1 aliphatic carbocycles. The second-order valence-corrected chi connectivity index (χ2v) is 14.4. The van der Waals surface area contributed by atoms with Gasteiger partial charge in [0, 0.05) is 33.5 Å². The van der Waals surface area contributed by atoms with Crippen molar-refractivity contribution in [1.82, 2.24) is 0 Å². The van der Waals surface area contributed by atoms with Gasteiger partial charge in [0.25, 0.3) is 0 Å². The van der Waals surface area contributed by atoms with E-state index >= 15 is 0 Å². The van der Waals surface area contributed by atoms with Crippen LogP contribution in [0.2, 0.25) is 0 Å². The number of ether oxygens (including phenoxy) is 1. The highest BCUT2D eigenvalue weighted by atomic mass is 16.5. The number of para-hydroxylation sites is 1. The largest absolute Gasteiger partial charge is 0.456 e. The summed E-state index contributed by atoms with van der Waals surface area (Å²) in [5.41, 5.74) is 14.8. The monoisotopic (exact) mass is 701 g/mol. The van der Waals surface area contributed by atoms with Crippen molar-refractivity contribution in [2.45, 2.75) is 5.41 Å². The third-order valence-corrected chi connectivity index (χ3v) is 11.5. The van der Waals surface area contributed by atoms with Gasteiger partial charge in [0.15, 0.2) is 0 Å². The van der Waals surface area contributed by atoms with E-state index in [2.05, 4.69) is 217 Å². The van der Waals surface area contributed by atoms with Gasteiger partial charge < -0.3 is 9.64 Å². The lowest BCUT2D eigenvalue weighted by Gasteiger charge is -2.40. The molecule has 55 heavy (non-hydrogen) atoms. The van der Waals surface area contributed by atoms with Crippen molar-refractivity contribution in [1.29, 1.82) is 0 Å². The Kier molecular flexibility index (Phi) is 7.11. The zero-order valence-electron chi connectivity index (χ0n) is 30.1. The molecule has 0 radical (unpaired) electrons. The minimum atomic E-state index is -0.587. The minimum absolute atomic E-state index is 0.587. The van der Waals surface area contributed by atoms with E-state index < -0.39 is 5.41 Å². The van der Waals surface area contributed by atoms with Crippen LogP contribution in [0.3, 0.4) is 0 Å². The zero-order valence-corrected chi connectivity index (χ0v) is 30.1. The molecule has 0 N–H and O–H groups in total. The second kappa shape index (κ2) is 12.5. The molecule has 0 saturated heterocycles. The predicted octanol–water partition coefficient (Wildman–Crippen LogP) is 14.1. The molecule has 1 heterocycles. The Hall–Kier alpha value is -7.16. The number of hydrogen-bond donors (Lipinski definition) is 0. The molecule has 1 aliphatic heterocycles. The molecule has 258 valence electrons. The maximum atomic E-state index is 6.91. The van der Waals surface area contributed by atoms with Gasteiger partial charge in [0.1, 0.15) is 11.5 Å². The minimum Gasteiger partial charge on any atom is -0.456 e. The summed E-state index contributed by atoms with van der Waals surface area (Å²) in [7, 11) is 0. The molecular weight excluding hydrogens is 667 g/mol. The van der Waals surface area contributed by atoms with E-state index in [1.165, 1.54) is 55.5 Å². The Morgan fingerprint density at radius 2 is 0.909 bits per heavy atom. The van der Waals surface area contributed by atoms with Crippen LogP contribution < -0.4 is 9.64 Å². The van der Waals surface area contributed by atoms with Crippen LogP contribution in [0.4, 0.5) is 17.1 Å². The summed E-state index contributed by atoms with van der Waals surface area (Å²) in [4.78, 5) is 2.44. The van der Waals surface area contributed by atoms with Gasteiger partial charge in [-0.3, -0.25) is 0 Å². The molecule has 0 bridgehead atoms. The number of anilines is 3. The molecular formula is C53H35NO. The lowest BCUT2D eigenvalue weighted by molar-refractivity contribution is 0.441. The van der Waals surface area contributed by atoms with E-state index in [0.717, 1.165) is 39.5 Å². The molecule has 1 unspecified atom stereocenters. The van der Waals surface area contributed by atoms with Gasteiger partial charge >= 0.3 is 0 Å². The maximum absolute atomic E-state index is 6.91. The lowest BCUT2D eigenvalue weighted by Crippen LogP contribution is -2.32. The lowest BCUT2D eigenvalue weighted by atomic mass is 9.65. The third kappa shape index (κ3) is 4.75. The van der Waals surface area contributed by atoms with E-state index in [9.17, 15) is 0 Å². The van der Waals surface area contributed by atoms with Gasteiger partial charge in [-0.25, -0.2) is 0 Å². The fourth-order valence-electron chi connectivity index (χ4n) is 9.14. The summed E-state index contributed by atoms with van der Waals surface area (Å²) in [6.45, 7) is 0. The standard InChI is InChI=1S/C53H35NO/c1-3-14-36(15-4-1)38-26-31-41(32-27-38)54(42-33-28-39(29-34-42)37-16-5-2-6-17-37)49-24-13-23-47-51(49)44-20-9-10-21-45(44)53(47)46-22-11-12-25-50(46)55-52-43-19-8-7-18-40(43)30-35-48(52)53/h1-35H. The number of hydrogen-bond acceptors (Lipinski definition) is 2. The Morgan fingerprint density at radius 1 is 0.364 bits per heavy atom. The van der Waals surface area contributed by atoms with E-state index in [-0.39, 0.29) is 0 Å². The molecule has 0 saturated carbocycles. The average molecular weight is 702 g/mol. The Bertz CT molecular complexity index is 2800. The van der Waals surface area contributed by atoms with Crippen molar-refractivity contribution >= 4 is 27.8 Å². The normalized spacial score (nSPS) is 14.8. The van der Waals surface area contributed by atoms with Crippen LogP contribution in [-0.2, 0) is 5.41 Å². The molecule has 1 spiro atoms. The van der Waals surface area contributed by atoms with Gasteiger partial charge in [-0.15, -0.1) is 0 Å². The fourth-order valence-corrected chi connectivity index (χ4v) is 9.14. The van der Waals surface area contributed by atoms with Gasteiger partial charge in [-0.1, -0.05) is 176 Å². The highest BCUT2D eigenvalue weighted by molar-refractivity contribution is 6.00. The van der Waals surface area contributed by atoms with E-state index in [1.54, 1.807) is 0 Å². The van der Waals surface area contributed by atoms with Crippen LogP contribution in [0.25, 0.3) is 44.2 Å². The van der Waals surface area contributed by atoms with E-state index in [1.807, 2.05) is 0 Å². The quantitative estimate of drug-likeness (QED) is 0.177. The van der Waals surface area contributed by atoms with Gasteiger partial charge in [-0.05, 0) is 80.7 Å². The van der Waals surface area contributed by atoms with Crippen LogP contribution in [0.1, 0.15) is 22.3 Å². The molecule has 2 aliphatic rings. The molecule has 1 atom stereocenters. The van der Waals surface area contributed by atoms with Crippen LogP contribution in [0.15, 0.2) is 212 Å². The molecule has 0 amide bonds. The number of benzene rings is 9. The molecule has 9 aromatic carbocycles.